The molecule has 0 aromatic heterocycles. The summed E-state index contributed by atoms with van der Waals surface area (Å²) in [5.74, 6) is 0.888. The zero-order valence-corrected chi connectivity index (χ0v) is 14.2. The lowest BCUT2D eigenvalue weighted by Crippen LogP contribution is -2.25. The second kappa shape index (κ2) is 8.20. The van der Waals surface area contributed by atoms with E-state index in [9.17, 15) is 0 Å². The van der Waals surface area contributed by atoms with Gasteiger partial charge in [-0.2, -0.15) is 0 Å². The average molecular weight is 348 g/mol. The maximum Gasteiger partial charge on any atom is 0.120 e. The van der Waals surface area contributed by atoms with Crippen molar-refractivity contribution in [1.82, 2.24) is 5.32 Å². The molecule has 0 fully saturated rings. The molecular formula is C18H22BrNO. The largest absolute Gasteiger partial charge is 0.489 e. The molecule has 0 unspecified atom stereocenters. The zero-order valence-electron chi connectivity index (χ0n) is 12.6. The quantitative estimate of drug-likeness (QED) is 0.792. The van der Waals surface area contributed by atoms with Gasteiger partial charge in [0.2, 0.25) is 0 Å². The summed E-state index contributed by atoms with van der Waals surface area (Å²) in [5.41, 5.74) is 2.60. The topological polar surface area (TPSA) is 21.3 Å². The van der Waals surface area contributed by atoms with Gasteiger partial charge in [-0.3, -0.25) is 0 Å². The van der Waals surface area contributed by atoms with E-state index in [-0.39, 0.29) is 0 Å². The molecule has 0 aliphatic carbocycles. The van der Waals surface area contributed by atoms with E-state index in [1.807, 2.05) is 24.3 Å². The van der Waals surface area contributed by atoms with Crippen molar-refractivity contribution in [3.63, 3.8) is 0 Å². The molecule has 0 heterocycles. The Morgan fingerprint density at radius 2 is 1.81 bits per heavy atom. The SMILES string of the molecule is CC(C)NCCc1ccccc1COc1cccc(Br)c1. The highest BCUT2D eigenvalue weighted by atomic mass is 79.9. The van der Waals surface area contributed by atoms with Crippen LogP contribution in [0.4, 0.5) is 0 Å². The van der Waals surface area contributed by atoms with Gasteiger partial charge in [0, 0.05) is 10.5 Å². The van der Waals surface area contributed by atoms with Gasteiger partial charge in [-0.1, -0.05) is 60.1 Å². The van der Waals surface area contributed by atoms with E-state index in [2.05, 4.69) is 59.4 Å². The van der Waals surface area contributed by atoms with Gasteiger partial charge in [0.05, 0.1) is 0 Å². The van der Waals surface area contributed by atoms with Gasteiger partial charge in [-0.15, -0.1) is 0 Å². The number of ether oxygens (including phenoxy) is 1. The fourth-order valence-corrected chi connectivity index (χ4v) is 2.53. The Kier molecular flexibility index (Phi) is 6.27. The standard InChI is InChI=1S/C18H22BrNO/c1-14(2)20-11-10-15-6-3-4-7-16(15)13-21-18-9-5-8-17(19)12-18/h3-9,12,14,20H,10-11,13H2,1-2H3. The molecule has 0 aliphatic heterocycles. The number of halogens is 1. The fraction of sp³-hybridized carbons (Fsp3) is 0.333. The van der Waals surface area contributed by atoms with Crippen molar-refractivity contribution in [3.8, 4) is 5.75 Å². The maximum atomic E-state index is 5.89. The molecule has 0 aliphatic rings. The van der Waals surface area contributed by atoms with Crippen LogP contribution in [0, 0.1) is 0 Å². The second-order valence-corrected chi connectivity index (χ2v) is 6.29. The Morgan fingerprint density at radius 3 is 2.52 bits per heavy atom. The maximum absolute atomic E-state index is 5.89. The van der Waals surface area contributed by atoms with Crippen LogP contribution in [0.25, 0.3) is 0 Å². The summed E-state index contributed by atoms with van der Waals surface area (Å²) in [7, 11) is 0. The van der Waals surface area contributed by atoms with Crippen LogP contribution in [-0.2, 0) is 13.0 Å². The molecule has 2 aromatic rings. The third-order valence-electron chi connectivity index (χ3n) is 3.26. The van der Waals surface area contributed by atoms with Crippen molar-refractivity contribution in [1.29, 1.82) is 0 Å². The van der Waals surface area contributed by atoms with Crippen LogP contribution in [0.3, 0.4) is 0 Å². The lowest BCUT2D eigenvalue weighted by atomic mass is 10.1. The Bertz CT molecular complexity index is 569. The first-order valence-corrected chi connectivity index (χ1v) is 8.13. The lowest BCUT2D eigenvalue weighted by Gasteiger charge is -2.13. The molecule has 2 rings (SSSR count). The molecule has 0 spiro atoms. The predicted octanol–water partition coefficient (Wildman–Crippen LogP) is 4.57. The molecule has 0 bridgehead atoms. The van der Waals surface area contributed by atoms with E-state index in [1.165, 1.54) is 11.1 Å². The van der Waals surface area contributed by atoms with Crippen LogP contribution < -0.4 is 10.1 Å². The minimum Gasteiger partial charge on any atom is -0.489 e. The molecule has 0 amide bonds. The summed E-state index contributed by atoms with van der Waals surface area (Å²) in [5, 5.41) is 3.46. The molecule has 0 atom stereocenters. The third kappa shape index (κ3) is 5.52. The van der Waals surface area contributed by atoms with Crippen LogP contribution in [0.1, 0.15) is 25.0 Å². The smallest absolute Gasteiger partial charge is 0.120 e. The average Bonchev–Trinajstić information content (AvgIpc) is 2.46. The first kappa shape index (κ1) is 16.1. The minimum absolute atomic E-state index is 0.523. The van der Waals surface area contributed by atoms with Crippen molar-refractivity contribution in [3.05, 3.63) is 64.1 Å². The first-order chi connectivity index (χ1) is 10.1. The first-order valence-electron chi connectivity index (χ1n) is 7.33. The zero-order chi connectivity index (χ0) is 15.1. The van der Waals surface area contributed by atoms with E-state index in [1.54, 1.807) is 0 Å². The van der Waals surface area contributed by atoms with Crippen molar-refractivity contribution in [2.75, 3.05) is 6.54 Å². The highest BCUT2D eigenvalue weighted by Crippen LogP contribution is 2.20. The van der Waals surface area contributed by atoms with E-state index in [0.29, 0.717) is 12.6 Å². The molecule has 112 valence electrons. The Hall–Kier alpha value is -1.32. The molecule has 2 aromatic carbocycles. The number of hydrogen-bond acceptors (Lipinski definition) is 2. The highest BCUT2D eigenvalue weighted by molar-refractivity contribution is 9.10. The summed E-state index contributed by atoms with van der Waals surface area (Å²) >= 11 is 3.46. The summed E-state index contributed by atoms with van der Waals surface area (Å²) in [6.45, 7) is 5.93. The number of rotatable bonds is 7. The lowest BCUT2D eigenvalue weighted by molar-refractivity contribution is 0.304. The van der Waals surface area contributed by atoms with Crippen molar-refractivity contribution in [2.24, 2.45) is 0 Å². The molecule has 1 N–H and O–H groups in total. The van der Waals surface area contributed by atoms with Crippen molar-refractivity contribution >= 4 is 15.9 Å². The van der Waals surface area contributed by atoms with Gasteiger partial charge in [0.15, 0.2) is 0 Å². The van der Waals surface area contributed by atoms with Gasteiger partial charge >= 0.3 is 0 Å². The van der Waals surface area contributed by atoms with Crippen LogP contribution in [0.15, 0.2) is 53.0 Å². The molecule has 3 heteroatoms. The third-order valence-corrected chi connectivity index (χ3v) is 3.75. The van der Waals surface area contributed by atoms with E-state index in [4.69, 9.17) is 4.74 Å². The van der Waals surface area contributed by atoms with Crippen molar-refractivity contribution < 1.29 is 4.74 Å². The fourth-order valence-electron chi connectivity index (χ4n) is 2.16. The molecule has 0 saturated heterocycles. The van der Waals surface area contributed by atoms with Crippen LogP contribution in [0.5, 0.6) is 5.75 Å². The summed E-state index contributed by atoms with van der Waals surface area (Å²) in [4.78, 5) is 0. The minimum atomic E-state index is 0.523. The van der Waals surface area contributed by atoms with E-state index in [0.717, 1.165) is 23.2 Å². The summed E-state index contributed by atoms with van der Waals surface area (Å²) < 4.78 is 6.93. The number of nitrogens with one attached hydrogen (secondary N) is 1. The molecule has 21 heavy (non-hydrogen) atoms. The Labute approximate surface area is 135 Å². The van der Waals surface area contributed by atoms with Gasteiger partial charge < -0.3 is 10.1 Å². The molecule has 0 radical (unpaired) electrons. The van der Waals surface area contributed by atoms with E-state index < -0.39 is 0 Å². The van der Waals surface area contributed by atoms with Crippen LogP contribution in [-0.4, -0.2) is 12.6 Å². The highest BCUT2D eigenvalue weighted by Gasteiger charge is 2.04. The monoisotopic (exact) mass is 347 g/mol. The number of benzene rings is 2. The summed E-state index contributed by atoms with van der Waals surface area (Å²) in [6, 6.07) is 17.0. The normalized spacial score (nSPS) is 10.9. The van der Waals surface area contributed by atoms with Gasteiger partial charge in [0.25, 0.3) is 0 Å². The molecular weight excluding hydrogens is 326 g/mol. The predicted molar refractivity (Wildman–Crippen MR) is 91.8 cm³/mol. The van der Waals surface area contributed by atoms with Crippen LogP contribution >= 0.6 is 15.9 Å². The summed E-state index contributed by atoms with van der Waals surface area (Å²) in [6.07, 6.45) is 1.02. The Balaban J connectivity index is 1.96. The van der Waals surface area contributed by atoms with Crippen LogP contribution in [0.2, 0.25) is 0 Å². The van der Waals surface area contributed by atoms with Gasteiger partial charge in [-0.05, 0) is 42.3 Å². The molecule has 2 nitrogen and oxygen atoms in total. The second-order valence-electron chi connectivity index (χ2n) is 5.37. The van der Waals surface area contributed by atoms with Gasteiger partial charge in [0.1, 0.15) is 12.4 Å². The van der Waals surface area contributed by atoms with E-state index >= 15 is 0 Å². The molecule has 0 saturated carbocycles. The van der Waals surface area contributed by atoms with Gasteiger partial charge in [-0.25, -0.2) is 0 Å². The number of hydrogen-bond donors (Lipinski definition) is 1. The van der Waals surface area contributed by atoms with Crippen molar-refractivity contribution in [2.45, 2.75) is 32.9 Å². The Morgan fingerprint density at radius 1 is 1.05 bits per heavy atom.